The lowest BCUT2D eigenvalue weighted by Crippen LogP contribution is -2.33. The van der Waals surface area contributed by atoms with E-state index in [0.717, 1.165) is 11.5 Å². The van der Waals surface area contributed by atoms with Crippen LogP contribution in [0, 0.1) is 17.2 Å². The fourth-order valence-electron chi connectivity index (χ4n) is 1.14. The summed E-state index contributed by atoms with van der Waals surface area (Å²) >= 11 is 1.07. The molecule has 0 spiro atoms. The van der Waals surface area contributed by atoms with Crippen molar-refractivity contribution in [2.75, 3.05) is 13.1 Å². The largest absolute Gasteiger partial charge is 0.337 e. The minimum absolute atomic E-state index is 0.102. The van der Waals surface area contributed by atoms with Gasteiger partial charge >= 0.3 is 0 Å². The summed E-state index contributed by atoms with van der Waals surface area (Å²) in [5.41, 5.74) is 0. The van der Waals surface area contributed by atoms with E-state index in [1.807, 2.05) is 6.92 Å². The molecule has 5 nitrogen and oxygen atoms in total. The Morgan fingerprint density at radius 3 is 3.00 bits per heavy atom. The molecule has 1 aromatic rings. The maximum absolute atomic E-state index is 11.8. The van der Waals surface area contributed by atoms with E-state index in [-0.39, 0.29) is 11.8 Å². The lowest BCUT2D eigenvalue weighted by atomic mass is 10.2. The van der Waals surface area contributed by atoms with Gasteiger partial charge in [0.15, 0.2) is 0 Å². The van der Waals surface area contributed by atoms with Crippen LogP contribution in [0.15, 0.2) is 6.20 Å². The Bertz CT molecular complexity index is 357. The quantitative estimate of drug-likeness (QED) is 0.769. The van der Waals surface area contributed by atoms with Gasteiger partial charge in [0, 0.05) is 13.1 Å². The molecule has 0 aliphatic heterocycles. The fraction of sp³-hybridized carbons (Fsp3) is 0.556. The minimum atomic E-state index is -0.158. The third-order valence-corrected chi connectivity index (χ3v) is 2.61. The Balaban J connectivity index is 2.68. The van der Waals surface area contributed by atoms with Gasteiger partial charge in [-0.25, -0.2) is 0 Å². The van der Waals surface area contributed by atoms with Crippen LogP contribution in [0.1, 0.15) is 23.5 Å². The molecule has 15 heavy (non-hydrogen) atoms. The van der Waals surface area contributed by atoms with Gasteiger partial charge in [0.25, 0.3) is 5.91 Å². The van der Waals surface area contributed by atoms with Crippen molar-refractivity contribution in [1.82, 2.24) is 14.5 Å². The first-order valence-electron chi connectivity index (χ1n) is 4.65. The molecule has 0 saturated heterocycles. The van der Waals surface area contributed by atoms with Gasteiger partial charge in [-0.3, -0.25) is 4.79 Å². The molecular weight excluding hydrogens is 212 g/mol. The number of carbonyl (C=O) groups excluding carboxylic acids is 1. The summed E-state index contributed by atoms with van der Waals surface area (Å²) < 4.78 is 3.64. The second-order valence-corrected chi connectivity index (χ2v) is 3.94. The second-order valence-electron chi connectivity index (χ2n) is 3.16. The molecule has 0 fully saturated rings. The van der Waals surface area contributed by atoms with Gasteiger partial charge < -0.3 is 4.90 Å². The summed E-state index contributed by atoms with van der Waals surface area (Å²) in [6, 6.07) is 2.11. The zero-order valence-corrected chi connectivity index (χ0v) is 9.49. The molecule has 80 valence electrons. The van der Waals surface area contributed by atoms with E-state index < -0.39 is 0 Å². The average molecular weight is 224 g/mol. The predicted octanol–water partition coefficient (Wildman–Crippen LogP) is 1.16. The number of carbonyl (C=O) groups is 1. The summed E-state index contributed by atoms with van der Waals surface area (Å²) in [6.07, 6.45) is 1.45. The first kappa shape index (κ1) is 11.6. The third-order valence-electron chi connectivity index (χ3n) is 1.96. The van der Waals surface area contributed by atoms with E-state index in [0.29, 0.717) is 18.0 Å². The zero-order valence-electron chi connectivity index (χ0n) is 8.67. The summed E-state index contributed by atoms with van der Waals surface area (Å²) in [5, 5.41) is 12.3. The third kappa shape index (κ3) is 2.99. The van der Waals surface area contributed by atoms with Gasteiger partial charge in [-0.2, -0.15) is 5.26 Å². The van der Waals surface area contributed by atoms with E-state index in [4.69, 9.17) is 5.26 Å². The number of amides is 1. The molecule has 0 aliphatic rings. The summed E-state index contributed by atoms with van der Waals surface area (Å²) in [6.45, 7) is 4.71. The smallest absolute Gasteiger partial charge is 0.267 e. The highest BCUT2D eigenvalue weighted by Gasteiger charge is 2.18. The Morgan fingerprint density at radius 2 is 2.53 bits per heavy atom. The molecule has 1 heterocycles. The molecule has 0 bridgehead atoms. The lowest BCUT2D eigenvalue weighted by molar-refractivity contribution is 0.0757. The molecule has 0 aliphatic carbocycles. The highest BCUT2D eigenvalue weighted by Crippen LogP contribution is 2.09. The first-order chi connectivity index (χ1) is 7.19. The molecule has 0 radical (unpaired) electrons. The van der Waals surface area contributed by atoms with E-state index in [1.54, 1.807) is 11.8 Å². The van der Waals surface area contributed by atoms with Crippen LogP contribution in [0.2, 0.25) is 0 Å². The zero-order chi connectivity index (χ0) is 11.3. The van der Waals surface area contributed by atoms with Gasteiger partial charge in [0.1, 0.15) is 4.88 Å². The normalized spacial score (nSPS) is 11.8. The van der Waals surface area contributed by atoms with Crippen molar-refractivity contribution in [3.63, 3.8) is 0 Å². The van der Waals surface area contributed by atoms with Crippen molar-refractivity contribution in [2.45, 2.75) is 13.8 Å². The second kappa shape index (κ2) is 5.41. The summed E-state index contributed by atoms with van der Waals surface area (Å²) in [4.78, 5) is 14.0. The van der Waals surface area contributed by atoms with Gasteiger partial charge in [0.2, 0.25) is 0 Å². The summed E-state index contributed by atoms with van der Waals surface area (Å²) in [7, 11) is 0. The maximum Gasteiger partial charge on any atom is 0.267 e. The van der Waals surface area contributed by atoms with Crippen molar-refractivity contribution in [3.05, 3.63) is 11.1 Å². The number of nitriles is 1. The molecular formula is C9H12N4OS. The van der Waals surface area contributed by atoms with E-state index in [1.165, 1.54) is 6.20 Å². The van der Waals surface area contributed by atoms with Crippen LogP contribution >= 0.6 is 11.5 Å². The van der Waals surface area contributed by atoms with Crippen LogP contribution in [0.3, 0.4) is 0 Å². The minimum Gasteiger partial charge on any atom is -0.337 e. The Hall–Kier alpha value is -1.48. The van der Waals surface area contributed by atoms with Gasteiger partial charge in [-0.1, -0.05) is 4.49 Å². The van der Waals surface area contributed by atoms with Crippen LogP contribution in [0.5, 0.6) is 0 Å². The first-order valence-corrected chi connectivity index (χ1v) is 5.42. The Morgan fingerprint density at radius 1 is 1.80 bits per heavy atom. The highest BCUT2D eigenvalue weighted by atomic mass is 32.1. The fourth-order valence-corrected chi connectivity index (χ4v) is 1.63. The summed E-state index contributed by atoms with van der Waals surface area (Å²) in [5.74, 6) is -0.260. The molecule has 1 amide bonds. The van der Waals surface area contributed by atoms with Crippen molar-refractivity contribution >= 4 is 17.4 Å². The molecule has 6 heteroatoms. The number of rotatable bonds is 4. The van der Waals surface area contributed by atoms with Crippen molar-refractivity contribution in [1.29, 1.82) is 5.26 Å². The number of hydrogen-bond acceptors (Lipinski definition) is 5. The average Bonchev–Trinajstić information content (AvgIpc) is 2.77. The van der Waals surface area contributed by atoms with Crippen molar-refractivity contribution in [3.8, 4) is 6.07 Å². The molecule has 1 unspecified atom stereocenters. The van der Waals surface area contributed by atoms with Crippen LogP contribution in [0.25, 0.3) is 0 Å². The predicted molar refractivity (Wildman–Crippen MR) is 56.3 cm³/mol. The molecule has 1 aromatic heterocycles. The topological polar surface area (TPSA) is 69.9 Å². The van der Waals surface area contributed by atoms with Gasteiger partial charge in [0.05, 0.1) is 18.2 Å². The SMILES string of the molecule is CCN(CC(C)C#N)C(=O)c1cnns1. The monoisotopic (exact) mass is 224 g/mol. The van der Waals surface area contributed by atoms with E-state index >= 15 is 0 Å². The van der Waals surface area contributed by atoms with Crippen LogP contribution in [-0.4, -0.2) is 33.5 Å². The lowest BCUT2D eigenvalue weighted by Gasteiger charge is -2.20. The van der Waals surface area contributed by atoms with Crippen molar-refractivity contribution < 1.29 is 4.79 Å². The van der Waals surface area contributed by atoms with Crippen LogP contribution in [0.4, 0.5) is 0 Å². The van der Waals surface area contributed by atoms with E-state index in [2.05, 4.69) is 15.7 Å². The Labute approximate surface area is 92.5 Å². The van der Waals surface area contributed by atoms with Gasteiger partial charge in [-0.05, 0) is 25.4 Å². The van der Waals surface area contributed by atoms with E-state index in [9.17, 15) is 4.79 Å². The molecule has 0 N–H and O–H groups in total. The highest BCUT2D eigenvalue weighted by molar-refractivity contribution is 7.07. The number of hydrogen-bond donors (Lipinski definition) is 0. The standard InChI is InChI=1S/C9H12N4OS/c1-3-13(6-7(2)4-10)9(14)8-5-11-12-15-8/h5,7H,3,6H2,1-2H3. The molecule has 1 rings (SSSR count). The van der Waals surface area contributed by atoms with Crippen LogP contribution < -0.4 is 0 Å². The van der Waals surface area contributed by atoms with Gasteiger partial charge in [-0.15, -0.1) is 5.10 Å². The molecule has 1 atom stereocenters. The van der Waals surface area contributed by atoms with Crippen molar-refractivity contribution in [2.24, 2.45) is 5.92 Å². The number of aromatic nitrogens is 2. The Kier molecular flexibility index (Phi) is 4.18. The molecule has 0 saturated carbocycles. The molecule has 0 aromatic carbocycles. The maximum atomic E-state index is 11.8. The van der Waals surface area contributed by atoms with Crippen LogP contribution in [-0.2, 0) is 0 Å². The number of nitrogens with zero attached hydrogens (tertiary/aromatic N) is 4.